The number of nitrogens with one attached hydrogen (secondary N) is 2. The van der Waals surface area contributed by atoms with Crippen LogP contribution in [0.15, 0.2) is 48.8 Å². The van der Waals surface area contributed by atoms with Gasteiger partial charge in [0.2, 0.25) is 5.41 Å². The van der Waals surface area contributed by atoms with Crippen LogP contribution in [0.2, 0.25) is 0 Å². The molecule has 1 aromatic heterocycles. The predicted octanol–water partition coefficient (Wildman–Crippen LogP) is 4.08. The summed E-state index contributed by atoms with van der Waals surface area (Å²) in [5.41, 5.74) is -2.67. The van der Waals surface area contributed by atoms with Gasteiger partial charge in [-0.15, -0.1) is 0 Å². The highest BCUT2D eigenvalue weighted by Gasteiger charge is 2.48. The first-order valence-corrected chi connectivity index (χ1v) is 40.2. The smallest absolute Gasteiger partial charge is 0.328 e. The van der Waals surface area contributed by atoms with Gasteiger partial charge in [0.1, 0.15) is 18.0 Å². The number of rotatable bonds is 49. The van der Waals surface area contributed by atoms with E-state index in [1.54, 1.807) is 76.5 Å². The molecule has 111 heavy (non-hydrogen) atoms. The second-order valence-corrected chi connectivity index (χ2v) is 28.6. The summed E-state index contributed by atoms with van der Waals surface area (Å²) in [6, 6.07) is 9.73. The fourth-order valence-corrected chi connectivity index (χ4v) is 10.9. The number of Topliss-reactive ketones (excluding diaryl/α,β-unsaturated/α-hetero) is 2. The molecule has 2 aliphatic heterocycles. The number of carbonyl (C=O) groups excluding carboxylic acids is 6. The Morgan fingerprint density at radius 2 is 0.883 bits per heavy atom. The molecule has 2 saturated heterocycles. The Kier molecular flexibility index (Phi) is 76.7. The number of aromatic nitrogens is 1. The zero-order valence-corrected chi connectivity index (χ0v) is 68.5. The summed E-state index contributed by atoms with van der Waals surface area (Å²) in [7, 11) is 0. The zero-order valence-electron chi connectivity index (χ0n) is 68.5. The molecular formula is C81H151N5O25. The Balaban J connectivity index is -0.000000601. The average Bonchev–Trinajstić information content (AvgIpc) is 0.823. The monoisotopic (exact) mass is 1590 g/mol. The fourth-order valence-electron chi connectivity index (χ4n) is 10.9. The number of ether oxygens (including phenoxy) is 3. The van der Waals surface area contributed by atoms with Gasteiger partial charge in [0, 0.05) is 87.5 Å². The number of hydrogen-bond acceptors (Lipinski definition) is 28. The summed E-state index contributed by atoms with van der Waals surface area (Å²) >= 11 is 0. The van der Waals surface area contributed by atoms with E-state index in [0.29, 0.717) is 42.9 Å². The number of aliphatic hydroxyl groups excluding tert-OH is 15. The third-order valence-corrected chi connectivity index (χ3v) is 17.9. The van der Waals surface area contributed by atoms with Gasteiger partial charge in [-0.3, -0.25) is 33.8 Å². The largest absolute Gasteiger partial charge is 0.491 e. The minimum absolute atomic E-state index is 0.0402. The number of unbranched alkanes of at least 4 members (excludes halogenated alkanes) is 13. The highest BCUT2D eigenvalue weighted by molar-refractivity contribution is 6.35. The normalized spacial score (nSPS) is 13.4. The summed E-state index contributed by atoms with van der Waals surface area (Å²) in [6.45, 7) is 17.6. The van der Waals surface area contributed by atoms with Crippen molar-refractivity contribution in [1.29, 1.82) is 0 Å². The molecule has 4 rings (SSSR count). The zero-order chi connectivity index (χ0) is 84.4. The Morgan fingerprint density at radius 3 is 1.21 bits per heavy atom. The standard InChI is InChI=1S/C17H34N2O2.C16H34O2.C12H16O4.C11H15NO3.C9H16O6.C6H12N2O4.2C5H12O2/c20-14-12-18-8-4-16(5-9-18)2-1-3-17-6-10-19(11-7-17)13-15-21;1-2-3-4-5-6-7-8-9-10-11-12-13-14-16(18)15-17;1-12(2,15)11(14)9-3-5-10(6-4-9)16-8-7-13;13-7-3-10(4-8-14)11(15)9-1-5-12-6-2-9;1-3-14-7(12)9(5-10,6-11)8(13)15-4-2;9-3-1-7-5(11)6(12)8-2-4-10;1-5(2,3-6)4-7;6-4-2-1-3-5-7/h16-17,20-21H,1-15H2;16-18H,2-15H2,1H3;3-6,13,15H,7-8H2,1-2H3;1-2,5-6,10,13-14H,3-4,7-8H2;10-11H,3-6H2,1-2H3;9-10H,1-4H2,(H,7,11)(H,8,12);6-7H,3-4H2,1-2H3;6-7H,1-5H2. The van der Waals surface area contributed by atoms with E-state index in [1.807, 2.05) is 0 Å². The lowest BCUT2D eigenvalue weighted by atomic mass is 9.87. The average molecular weight is 1600 g/mol. The van der Waals surface area contributed by atoms with Crippen molar-refractivity contribution in [2.45, 2.75) is 221 Å². The second kappa shape index (κ2) is 76.0. The SMILES string of the molecule is CC(C)(CO)CO.CC(C)(O)C(=O)c1ccc(OCCO)cc1.CCCCCCCCCCCCCCC(O)CO.CCOC(=O)C(CO)(CO)C(=O)OCC.O=C(NCCO)C(=O)NCCO.O=C(c1ccncc1)C(CCO)CCO.OCCCCCO.OCCN1CCC(CCCC2CCN(CCO)CC2)CC1. The first-order chi connectivity index (χ1) is 53.2. The molecule has 0 aliphatic carbocycles. The lowest BCUT2D eigenvalue weighted by Crippen LogP contribution is -2.48. The van der Waals surface area contributed by atoms with Crippen LogP contribution in [0.5, 0.6) is 5.75 Å². The molecule has 2 amide bonds. The van der Waals surface area contributed by atoms with Crippen molar-refractivity contribution in [2.75, 3.05) is 165 Å². The number of likely N-dealkylation sites (tertiary alicyclic amines) is 2. The summed E-state index contributed by atoms with van der Waals surface area (Å²) in [6.07, 6.45) is 32.3. The topological polar surface area (TPSA) is 497 Å². The van der Waals surface area contributed by atoms with E-state index in [0.717, 1.165) is 57.0 Å². The number of carbonyl (C=O) groups is 6. The van der Waals surface area contributed by atoms with Crippen LogP contribution in [-0.2, 0) is 28.7 Å². The number of β-amino-alcohol motifs (C(OH)–C–C–N with tert-alkyl or cyclic N) is 2. The number of benzene rings is 1. The number of ketones is 2. The summed E-state index contributed by atoms with van der Waals surface area (Å²) in [4.78, 5) is 76.3. The van der Waals surface area contributed by atoms with Crippen LogP contribution in [0.25, 0.3) is 0 Å². The van der Waals surface area contributed by atoms with Crippen molar-refractivity contribution in [3.05, 3.63) is 59.9 Å². The van der Waals surface area contributed by atoms with E-state index in [4.69, 9.17) is 81.3 Å². The highest BCUT2D eigenvalue weighted by Crippen LogP contribution is 2.28. The van der Waals surface area contributed by atoms with Gasteiger partial charge in [0.05, 0.1) is 85.4 Å². The van der Waals surface area contributed by atoms with Crippen molar-refractivity contribution >= 4 is 35.3 Å². The molecule has 2 aliphatic rings. The molecule has 0 saturated carbocycles. The predicted molar refractivity (Wildman–Crippen MR) is 426 cm³/mol. The van der Waals surface area contributed by atoms with Crippen LogP contribution in [0.3, 0.4) is 0 Å². The molecule has 2 fully saturated rings. The quantitative estimate of drug-likeness (QED) is 0.0146. The fraction of sp³-hybridized carbons (Fsp3) is 0.790. The van der Waals surface area contributed by atoms with Gasteiger partial charge in [0.15, 0.2) is 11.6 Å². The molecule has 30 nitrogen and oxygen atoms in total. The molecule has 0 radical (unpaired) electrons. The highest BCUT2D eigenvalue weighted by atomic mass is 16.6. The number of piperidine rings is 2. The number of pyridine rings is 1. The molecule has 0 bridgehead atoms. The summed E-state index contributed by atoms with van der Waals surface area (Å²) in [5, 5.41) is 144. The molecule has 18 N–H and O–H groups in total. The van der Waals surface area contributed by atoms with Crippen LogP contribution in [0.4, 0.5) is 0 Å². The lowest BCUT2D eigenvalue weighted by Gasteiger charge is -2.33. The lowest BCUT2D eigenvalue weighted by molar-refractivity contribution is -0.178. The Bertz CT molecular complexity index is 2390. The van der Waals surface area contributed by atoms with Gasteiger partial charge in [0.25, 0.3) is 0 Å². The molecule has 0 spiro atoms. The van der Waals surface area contributed by atoms with Gasteiger partial charge in [-0.05, 0) is 166 Å². The summed E-state index contributed by atoms with van der Waals surface area (Å²) in [5.74, 6) is -1.81. The van der Waals surface area contributed by atoms with Crippen LogP contribution >= 0.6 is 0 Å². The minimum Gasteiger partial charge on any atom is -0.491 e. The maximum atomic E-state index is 11.9. The molecule has 1 aromatic carbocycles. The van der Waals surface area contributed by atoms with E-state index < -0.39 is 54.1 Å². The van der Waals surface area contributed by atoms with Crippen LogP contribution < -0.4 is 15.4 Å². The number of amides is 2. The Morgan fingerprint density at radius 1 is 0.477 bits per heavy atom. The van der Waals surface area contributed by atoms with Gasteiger partial charge in [-0.1, -0.05) is 117 Å². The molecule has 1 atom stereocenters. The van der Waals surface area contributed by atoms with Crippen LogP contribution in [-0.4, -0.2) is 308 Å². The van der Waals surface area contributed by atoms with Crippen molar-refractivity contribution in [1.82, 2.24) is 25.4 Å². The van der Waals surface area contributed by atoms with Crippen LogP contribution in [0.1, 0.15) is 230 Å². The maximum Gasteiger partial charge on any atom is 0.328 e. The number of hydrogen-bond donors (Lipinski definition) is 18. The van der Waals surface area contributed by atoms with E-state index in [2.05, 4.69) is 41.8 Å². The minimum atomic E-state index is -2.01. The maximum absolute atomic E-state index is 11.9. The third-order valence-electron chi connectivity index (χ3n) is 17.9. The molecule has 1 unspecified atom stereocenters. The first-order valence-electron chi connectivity index (χ1n) is 40.2. The van der Waals surface area contributed by atoms with Crippen molar-refractivity contribution in [3.63, 3.8) is 0 Å². The molecule has 3 heterocycles. The Hall–Kier alpha value is -5.33. The summed E-state index contributed by atoms with van der Waals surface area (Å²) < 4.78 is 14.3. The molecule has 30 heteroatoms. The molecular weight excluding hydrogens is 1440 g/mol. The van der Waals surface area contributed by atoms with E-state index in [1.165, 1.54) is 156 Å². The molecule has 2 aromatic rings. The van der Waals surface area contributed by atoms with E-state index >= 15 is 0 Å². The third kappa shape index (κ3) is 60.8. The number of esters is 2. The van der Waals surface area contributed by atoms with E-state index in [-0.39, 0.29) is 122 Å². The number of aliphatic hydroxyl groups is 16. The Labute approximate surface area is 662 Å². The van der Waals surface area contributed by atoms with E-state index in [9.17, 15) is 33.9 Å². The van der Waals surface area contributed by atoms with Crippen molar-refractivity contribution < 1.29 is 125 Å². The second-order valence-electron chi connectivity index (χ2n) is 28.6. The first kappa shape index (κ1) is 112. The molecule has 650 valence electrons. The number of nitrogens with zero attached hydrogens (tertiary/aromatic N) is 3. The van der Waals surface area contributed by atoms with Crippen molar-refractivity contribution in [3.8, 4) is 5.75 Å². The van der Waals surface area contributed by atoms with Gasteiger partial charge in [-0.25, -0.2) is 0 Å². The van der Waals surface area contributed by atoms with Gasteiger partial charge >= 0.3 is 23.8 Å². The van der Waals surface area contributed by atoms with Gasteiger partial charge in [-0.2, -0.15) is 0 Å². The van der Waals surface area contributed by atoms with Gasteiger partial charge < -0.3 is 116 Å². The van der Waals surface area contributed by atoms with Crippen LogP contribution in [0, 0.1) is 28.6 Å². The van der Waals surface area contributed by atoms with Crippen molar-refractivity contribution in [2.24, 2.45) is 28.6 Å².